The highest BCUT2D eigenvalue weighted by Crippen LogP contribution is 2.30. The SMILES string of the molecule is C=CCNC(=NCc1nnc(C)n1C)NCC1COc2ccccc2O1. The van der Waals surface area contributed by atoms with Crippen LogP contribution in [-0.2, 0) is 13.6 Å². The quantitative estimate of drug-likeness (QED) is 0.459. The molecule has 0 amide bonds. The molecule has 3 rings (SSSR count). The van der Waals surface area contributed by atoms with E-state index >= 15 is 0 Å². The van der Waals surface area contributed by atoms with Gasteiger partial charge in [-0.05, 0) is 19.1 Å². The normalized spacial score (nSPS) is 16.2. The van der Waals surface area contributed by atoms with Crippen molar-refractivity contribution >= 4 is 5.96 Å². The predicted octanol–water partition coefficient (Wildman–Crippen LogP) is 1.18. The molecule has 0 fully saturated rings. The molecule has 8 nitrogen and oxygen atoms in total. The monoisotopic (exact) mass is 356 g/mol. The van der Waals surface area contributed by atoms with Crippen molar-refractivity contribution in [2.24, 2.45) is 12.0 Å². The molecule has 1 aliphatic rings. The van der Waals surface area contributed by atoms with Crippen LogP contribution in [0, 0.1) is 6.92 Å². The Morgan fingerprint density at radius 3 is 2.88 bits per heavy atom. The molecule has 2 N–H and O–H groups in total. The summed E-state index contributed by atoms with van der Waals surface area (Å²) in [6.07, 6.45) is 1.68. The molecule has 0 saturated carbocycles. The highest BCUT2D eigenvalue weighted by Gasteiger charge is 2.20. The van der Waals surface area contributed by atoms with Gasteiger partial charge in [0.05, 0.1) is 6.54 Å². The lowest BCUT2D eigenvalue weighted by Crippen LogP contribution is -2.45. The Hall–Kier alpha value is -3.03. The first kappa shape index (κ1) is 17.8. The molecule has 0 aliphatic carbocycles. The first-order valence-corrected chi connectivity index (χ1v) is 8.54. The molecule has 0 radical (unpaired) electrons. The first-order chi connectivity index (χ1) is 12.7. The highest BCUT2D eigenvalue weighted by atomic mass is 16.6. The number of aliphatic imine (C=N–C) groups is 1. The van der Waals surface area contributed by atoms with Gasteiger partial charge >= 0.3 is 0 Å². The fraction of sp³-hybridized carbons (Fsp3) is 0.389. The summed E-state index contributed by atoms with van der Waals surface area (Å²) < 4.78 is 13.6. The summed E-state index contributed by atoms with van der Waals surface area (Å²) in [6.45, 7) is 7.72. The van der Waals surface area contributed by atoms with Gasteiger partial charge in [-0.25, -0.2) is 4.99 Å². The number of hydrogen-bond donors (Lipinski definition) is 2. The number of aromatic nitrogens is 3. The van der Waals surface area contributed by atoms with Crippen LogP contribution in [0.1, 0.15) is 11.6 Å². The molecule has 26 heavy (non-hydrogen) atoms. The van der Waals surface area contributed by atoms with Gasteiger partial charge in [-0.1, -0.05) is 18.2 Å². The third-order valence-electron chi connectivity index (χ3n) is 4.04. The highest BCUT2D eigenvalue weighted by molar-refractivity contribution is 5.79. The van der Waals surface area contributed by atoms with E-state index in [9.17, 15) is 0 Å². The van der Waals surface area contributed by atoms with Crippen molar-refractivity contribution in [2.75, 3.05) is 19.7 Å². The zero-order chi connectivity index (χ0) is 18.4. The van der Waals surface area contributed by atoms with E-state index < -0.39 is 0 Å². The number of benzene rings is 1. The van der Waals surface area contributed by atoms with Gasteiger partial charge in [-0.3, -0.25) is 0 Å². The lowest BCUT2D eigenvalue weighted by atomic mass is 10.2. The number of para-hydroxylation sites is 2. The van der Waals surface area contributed by atoms with Crippen molar-refractivity contribution in [3.05, 3.63) is 48.6 Å². The standard InChI is InChI=1S/C18H24N6O2/c1-4-9-19-18(21-11-17-23-22-13(2)24(17)3)20-10-14-12-25-15-7-5-6-8-16(15)26-14/h4-8,14H,1,9-12H2,2-3H3,(H2,19,20,21). The summed E-state index contributed by atoms with van der Waals surface area (Å²) >= 11 is 0. The maximum absolute atomic E-state index is 5.96. The largest absolute Gasteiger partial charge is 0.486 e. The van der Waals surface area contributed by atoms with E-state index in [0.717, 1.165) is 23.1 Å². The van der Waals surface area contributed by atoms with Gasteiger partial charge in [-0.2, -0.15) is 0 Å². The van der Waals surface area contributed by atoms with Crippen LogP contribution in [0.5, 0.6) is 11.5 Å². The average molecular weight is 356 g/mol. The van der Waals surface area contributed by atoms with Gasteiger partial charge in [0.15, 0.2) is 23.3 Å². The Bertz CT molecular complexity index is 786. The summed E-state index contributed by atoms with van der Waals surface area (Å²) in [4.78, 5) is 4.56. The zero-order valence-corrected chi connectivity index (χ0v) is 15.1. The first-order valence-electron chi connectivity index (χ1n) is 8.54. The molecule has 1 aromatic carbocycles. The third-order valence-corrected chi connectivity index (χ3v) is 4.04. The van der Waals surface area contributed by atoms with Gasteiger partial charge in [0, 0.05) is 13.6 Å². The third kappa shape index (κ3) is 4.33. The fourth-order valence-electron chi connectivity index (χ4n) is 2.46. The Morgan fingerprint density at radius 1 is 1.35 bits per heavy atom. The van der Waals surface area contributed by atoms with Crippen molar-refractivity contribution in [2.45, 2.75) is 19.6 Å². The number of aryl methyl sites for hydroxylation is 1. The van der Waals surface area contributed by atoms with E-state index in [2.05, 4.69) is 32.4 Å². The van der Waals surface area contributed by atoms with Gasteiger partial charge < -0.3 is 24.7 Å². The lowest BCUT2D eigenvalue weighted by molar-refractivity contribution is 0.0936. The van der Waals surface area contributed by atoms with Crippen LogP contribution in [0.4, 0.5) is 0 Å². The molecule has 8 heteroatoms. The lowest BCUT2D eigenvalue weighted by Gasteiger charge is -2.27. The summed E-state index contributed by atoms with van der Waals surface area (Å²) in [7, 11) is 1.93. The van der Waals surface area contributed by atoms with Gasteiger partial charge in [0.25, 0.3) is 0 Å². The number of nitrogens with one attached hydrogen (secondary N) is 2. The summed E-state index contributed by atoms with van der Waals surface area (Å²) in [5.41, 5.74) is 0. The van der Waals surface area contributed by atoms with Crippen molar-refractivity contribution in [3.63, 3.8) is 0 Å². The van der Waals surface area contributed by atoms with Crippen molar-refractivity contribution in [1.29, 1.82) is 0 Å². The Morgan fingerprint density at radius 2 is 2.15 bits per heavy atom. The molecule has 0 spiro atoms. The van der Waals surface area contributed by atoms with E-state index in [0.29, 0.717) is 32.2 Å². The van der Waals surface area contributed by atoms with E-state index in [-0.39, 0.29) is 6.10 Å². The number of hydrogen-bond acceptors (Lipinski definition) is 5. The number of ether oxygens (including phenoxy) is 2. The Kier molecular flexibility index (Phi) is 5.73. The maximum atomic E-state index is 5.96. The predicted molar refractivity (Wildman–Crippen MR) is 99.4 cm³/mol. The Labute approximate surface area is 152 Å². The summed E-state index contributed by atoms with van der Waals surface area (Å²) in [6, 6.07) is 7.67. The van der Waals surface area contributed by atoms with Crippen molar-refractivity contribution < 1.29 is 9.47 Å². The smallest absolute Gasteiger partial charge is 0.192 e. The van der Waals surface area contributed by atoms with Gasteiger partial charge in [0.1, 0.15) is 25.1 Å². The number of fused-ring (bicyclic) bond motifs is 1. The molecule has 2 aromatic rings. The molecule has 1 unspecified atom stereocenters. The van der Waals surface area contributed by atoms with Crippen LogP contribution < -0.4 is 20.1 Å². The molecular formula is C18H24N6O2. The van der Waals surface area contributed by atoms with Crippen LogP contribution in [0.3, 0.4) is 0 Å². The van der Waals surface area contributed by atoms with E-state index in [4.69, 9.17) is 9.47 Å². The zero-order valence-electron chi connectivity index (χ0n) is 15.1. The minimum absolute atomic E-state index is 0.0993. The van der Waals surface area contributed by atoms with Gasteiger partial charge in [-0.15, -0.1) is 16.8 Å². The molecular weight excluding hydrogens is 332 g/mol. The van der Waals surface area contributed by atoms with E-state index in [1.165, 1.54) is 0 Å². The summed E-state index contributed by atoms with van der Waals surface area (Å²) in [5.74, 6) is 3.86. The fourth-order valence-corrected chi connectivity index (χ4v) is 2.46. The van der Waals surface area contributed by atoms with E-state index in [1.807, 2.05) is 42.8 Å². The molecule has 1 aromatic heterocycles. The molecule has 0 saturated heterocycles. The molecule has 1 atom stereocenters. The van der Waals surface area contributed by atoms with Gasteiger partial charge in [0.2, 0.25) is 0 Å². The second kappa shape index (κ2) is 8.37. The van der Waals surface area contributed by atoms with Crippen LogP contribution in [0.25, 0.3) is 0 Å². The second-order valence-electron chi connectivity index (χ2n) is 5.94. The molecule has 2 heterocycles. The average Bonchev–Trinajstić information content (AvgIpc) is 2.99. The molecule has 1 aliphatic heterocycles. The molecule has 0 bridgehead atoms. The maximum Gasteiger partial charge on any atom is 0.192 e. The topological polar surface area (TPSA) is 85.6 Å². The van der Waals surface area contributed by atoms with Crippen LogP contribution >= 0.6 is 0 Å². The number of nitrogens with zero attached hydrogens (tertiary/aromatic N) is 4. The van der Waals surface area contributed by atoms with Crippen LogP contribution in [0.15, 0.2) is 41.9 Å². The second-order valence-corrected chi connectivity index (χ2v) is 5.94. The van der Waals surface area contributed by atoms with Crippen LogP contribution in [-0.4, -0.2) is 46.5 Å². The van der Waals surface area contributed by atoms with Crippen molar-refractivity contribution in [3.8, 4) is 11.5 Å². The van der Waals surface area contributed by atoms with E-state index in [1.54, 1.807) is 6.08 Å². The Balaban J connectivity index is 1.59. The minimum atomic E-state index is -0.0993. The van der Waals surface area contributed by atoms with Crippen LogP contribution in [0.2, 0.25) is 0 Å². The number of guanidine groups is 1. The summed E-state index contributed by atoms with van der Waals surface area (Å²) in [5, 5.41) is 14.6. The van der Waals surface area contributed by atoms with Crippen molar-refractivity contribution in [1.82, 2.24) is 25.4 Å². The minimum Gasteiger partial charge on any atom is -0.486 e. The number of rotatable bonds is 6. The molecule has 138 valence electrons.